The van der Waals surface area contributed by atoms with Crippen molar-refractivity contribution in [2.24, 2.45) is 0 Å². The van der Waals surface area contributed by atoms with Crippen LogP contribution >= 0.6 is 11.6 Å². The van der Waals surface area contributed by atoms with E-state index >= 15 is 0 Å². The fourth-order valence-corrected chi connectivity index (χ4v) is 3.60. The van der Waals surface area contributed by atoms with Crippen molar-refractivity contribution in [1.29, 1.82) is 0 Å². The number of hydrogen-bond donors (Lipinski definition) is 1. The van der Waals surface area contributed by atoms with Crippen LogP contribution in [-0.2, 0) is 22.7 Å². The lowest BCUT2D eigenvalue weighted by atomic mass is 10.2. The molecule has 27 heavy (non-hydrogen) atoms. The number of sulfonamides is 1. The van der Waals surface area contributed by atoms with Crippen LogP contribution < -0.4 is 4.72 Å². The normalized spacial score (nSPS) is 12.3. The topological polar surface area (TPSA) is 89.8 Å². The van der Waals surface area contributed by atoms with Crippen LogP contribution in [0.4, 0.5) is 13.2 Å². The SMILES string of the molecule is O=S(=O)(NCc1nnnn1-c1ccc(Cl)cc1)c1ccccc1C(F)(F)F. The highest BCUT2D eigenvalue weighted by Crippen LogP contribution is 2.33. The maximum atomic E-state index is 13.1. The second-order valence-corrected chi connectivity index (χ2v) is 7.47. The minimum absolute atomic E-state index is 0.0883. The summed E-state index contributed by atoms with van der Waals surface area (Å²) in [6.45, 7) is -0.413. The lowest BCUT2D eigenvalue weighted by molar-refractivity contribution is -0.139. The third-order valence-electron chi connectivity index (χ3n) is 3.51. The van der Waals surface area contributed by atoms with Gasteiger partial charge >= 0.3 is 6.18 Å². The van der Waals surface area contributed by atoms with Crippen molar-refractivity contribution in [2.45, 2.75) is 17.6 Å². The second-order valence-electron chi connectivity index (χ2n) is 5.30. The summed E-state index contributed by atoms with van der Waals surface area (Å²) in [5.41, 5.74) is -0.746. The van der Waals surface area contributed by atoms with Gasteiger partial charge in [-0.05, 0) is 46.8 Å². The first-order valence-electron chi connectivity index (χ1n) is 7.37. The van der Waals surface area contributed by atoms with E-state index < -0.39 is 33.2 Å². The van der Waals surface area contributed by atoms with Gasteiger partial charge in [0.2, 0.25) is 10.0 Å². The highest BCUT2D eigenvalue weighted by molar-refractivity contribution is 7.89. The molecule has 0 aliphatic carbocycles. The third kappa shape index (κ3) is 4.26. The minimum atomic E-state index is -4.81. The molecule has 0 saturated carbocycles. The van der Waals surface area contributed by atoms with Crippen LogP contribution in [0.3, 0.4) is 0 Å². The Bertz CT molecular complexity index is 1050. The van der Waals surface area contributed by atoms with Gasteiger partial charge in [0.25, 0.3) is 0 Å². The fraction of sp³-hybridized carbons (Fsp3) is 0.133. The lowest BCUT2D eigenvalue weighted by Gasteiger charge is -2.13. The molecule has 0 amide bonds. The standard InChI is InChI=1S/C15H11ClF3N5O2S/c16-10-5-7-11(8-6-10)24-14(21-22-23-24)9-20-27(25,26)13-4-2-1-3-12(13)15(17,18)19/h1-8,20H,9H2. The molecule has 1 aromatic heterocycles. The number of nitrogens with one attached hydrogen (secondary N) is 1. The molecule has 1 heterocycles. The zero-order valence-corrected chi connectivity index (χ0v) is 14.9. The zero-order valence-electron chi connectivity index (χ0n) is 13.4. The number of rotatable bonds is 5. The Balaban J connectivity index is 1.86. The predicted octanol–water partition coefficient (Wildman–Crippen LogP) is 2.81. The van der Waals surface area contributed by atoms with Gasteiger partial charge in [0.15, 0.2) is 5.82 Å². The van der Waals surface area contributed by atoms with Gasteiger partial charge in [0.1, 0.15) is 0 Å². The molecule has 0 fully saturated rings. The maximum absolute atomic E-state index is 13.1. The smallest absolute Gasteiger partial charge is 0.207 e. The van der Waals surface area contributed by atoms with E-state index in [1.165, 1.54) is 10.7 Å². The summed E-state index contributed by atoms with van der Waals surface area (Å²) in [5.74, 6) is 0.0883. The van der Waals surface area contributed by atoms with Crippen LogP contribution in [0.2, 0.25) is 5.02 Å². The Hall–Kier alpha value is -2.50. The molecular weight excluding hydrogens is 407 g/mol. The van der Waals surface area contributed by atoms with Gasteiger partial charge in [0.05, 0.1) is 22.7 Å². The van der Waals surface area contributed by atoms with Gasteiger partial charge in [0, 0.05) is 5.02 Å². The predicted molar refractivity (Wildman–Crippen MR) is 89.6 cm³/mol. The maximum Gasteiger partial charge on any atom is 0.417 e. The largest absolute Gasteiger partial charge is 0.417 e. The number of tetrazole rings is 1. The Morgan fingerprint density at radius 1 is 1.07 bits per heavy atom. The third-order valence-corrected chi connectivity index (χ3v) is 5.22. The van der Waals surface area contributed by atoms with E-state index in [0.29, 0.717) is 16.8 Å². The molecule has 7 nitrogen and oxygen atoms in total. The Labute approximate surface area is 156 Å². The number of aromatic nitrogens is 4. The molecule has 0 saturated heterocycles. The first-order chi connectivity index (χ1) is 12.7. The van der Waals surface area contributed by atoms with Gasteiger partial charge in [-0.3, -0.25) is 0 Å². The number of alkyl halides is 3. The molecule has 0 aliphatic heterocycles. The van der Waals surface area contributed by atoms with Crippen molar-refractivity contribution in [3.63, 3.8) is 0 Å². The highest BCUT2D eigenvalue weighted by Gasteiger charge is 2.36. The van der Waals surface area contributed by atoms with Crippen molar-refractivity contribution in [2.75, 3.05) is 0 Å². The van der Waals surface area contributed by atoms with Crippen molar-refractivity contribution in [1.82, 2.24) is 24.9 Å². The second kappa shape index (κ2) is 7.25. The molecule has 3 rings (SSSR count). The first kappa shape index (κ1) is 19.3. The van der Waals surface area contributed by atoms with Crippen LogP contribution in [0.15, 0.2) is 53.4 Å². The number of halogens is 4. The Kier molecular flexibility index (Phi) is 5.18. The summed E-state index contributed by atoms with van der Waals surface area (Å²) in [6, 6.07) is 10.3. The molecule has 1 N–H and O–H groups in total. The molecule has 0 spiro atoms. The number of nitrogens with zero attached hydrogens (tertiary/aromatic N) is 4. The molecule has 142 valence electrons. The minimum Gasteiger partial charge on any atom is -0.207 e. The monoisotopic (exact) mass is 417 g/mol. The quantitative estimate of drug-likeness (QED) is 0.689. The van der Waals surface area contributed by atoms with Gasteiger partial charge in [-0.15, -0.1) is 5.10 Å². The van der Waals surface area contributed by atoms with E-state index in [-0.39, 0.29) is 5.82 Å². The molecule has 0 atom stereocenters. The van der Waals surface area contributed by atoms with E-state index in [2.05, 4.69) is 20.2 Å². The highest BCUT2D eigenvalue weighted by atomic mass is 35.5. The van der Waals surface area contributed by atoms with Gasteiger partial charge in [-0.25, -0.2) is 13.1 Å². The molecular formula is C15H11ClF3N5O2S. The summed E-state index contributed by atoms with van der Waals surface area (Å²) in [6.07, 6.45) is -4.81. The van der Waals surface area contributed by atoms with Gasteiger partial charge in [-0.2, -0.15) is 17.9 Å². The lowest BCUT2D eigenvalue weighted by Crippen LogP contribution is -2.27. The van der Waals surface area contributed by atoms with E-state index in [9.17, 15) is 21.6 Å². The van der Waals surface area contributed by atoms with E-state index in [1.807, 2.05) is 0 Å². The molecule has 2 aromatic carbocycles. The fourth-order valence-electron chi connectivity index (χ4n) is 2.27. The average Bonchev–Trinajstić information content (AvgIpc) is 3.09. The summed E-state index contributed by atoms with van der Waals surface area (Å²) < 4.78 is 67.3. The first-order valence-corrected chi connectivity index (χ1v) is 9.24. The van der Waals surface area contributed by atoms with Crippen LogP contribution in [-0.4, -0.2) is 28.6 Å². The number of benzene rings is 2. The Morgan fingerprint density at radius 3 is 2.41 bits per heavy atom. The molecule has 3 aromatic rings. The Morgan fingerprint density at radius 2 is 1.74 bits per heavy atom. The summed E-state index contributed by atoms with van der Waals surface area (Å²) in [7, 11) is -4.46. The molecule has 0 radical (unpaired) electrons. The van der Waals surface area contributed by atoms with Crippen molar-refractivity contribution in [3.8, 4) is 5.69 Å². The van der Waals surface area contributed by atoms with Crippen LogP contribution in [0.1, 0.15) is 11.4 Å². The van der Waals surface area contributed by atoms with Gasteiger partial charge < -0.3 is 0 Å². The van der Waals surface area contributed by atoms with E-state index in [0.717, 1.165) is 12.1 Å². The van der Waals surface area contributed by atoms with Crippen molar-refractivity contribution < 1.29 is 21.6 Å². The zero-order chi connectivity index (χ0) is 19.7. The average molecular weight is 418 g/mol. The number of hydrogen-bond acceptors (Lipinski definition) is 5. The summed E-state index contributed by atoms with van der Waals surface area (Å²) >= 11 is 5.81. The molecule has 12 heteroatoms. The summed E-state index contributed by atoms with van der Waals surface area (Å²) in [4.78, 5) is -0.872. The van der Waals surface area contributed by atoms with Crippen molar-refractivity contribution in [3.05, 3.63) is 64.9 Å². The molecule has 0 bridgehead atoms. The van der Waals surface area contributed by atoms with Crippen LogP contribution in [0.25, 0.3) is 5.69 Å². The molecule has 0 unspecified atom stereocenters. The summed E-state index contributed by atoms with van der Waals surface area (Å²) in [5, 5.41) is 11.4. The molecule has 0 aliphatic rings. The van der Waals surface area contributed by atoms with E-state index in [1.54, 1.807) is 24.3 Å². The van der Waals surface area contributed by atoms with Crippen LogP contribution in [0, 0.1) is 0 Å². The van der Waals surface area contributed by atoms with Crippen molar-refractivity contribution >= 4 is 21.6 Å². The van der Waals surface area contributed by atoms with Gasteiger partial charge in [-0.1, -0.05) is 23.7 Å². The van der Waals surface area contributed by atoms with Crippen LogP contribution in [0.5, 0.6) is 0 Å². The van der Waals surface area contributed by atoms with E-state index in [4.69, 9.17) is 11.6 Å².